The summed E-state index contributed by atoms with van der Waals surface area (Å²) in [5.41, 5.74) is 2.36. The standard InChI is InChI=1S/C12H9BrS/c13-10-6-7-11(12(14)8-10)9-4-2-1-3-5-9/h1-8,14H. The van der Waals surface area contributed by atoms with Crippen LogP contribution in [0.15, 0.2) is 57.9 Å². The van der Waals surface area contributed by atoms with Gasteiger partial charge in [0.2, 0.25) is 0 Å². The number of rotatable bonds is 1. The highest BCUT2D eigenvalue weighted by Gasteiger charge is 2.01. The summed E-state index contributed by atoms with van der Waals surface area (Å²) in [6.07, 6.45) is 0. The zero-order valence-corrected chi connectivity index (χ0v) is 9.92. The average molecular weight is 265 g/mol. The van der Waals surface area contributed by atoms with E-state index in [0.29, 0.717) is 0 Å². The lowest BCUT2D eigenvalue weighted by Gasteiger charge is -2.05. The second-order valence-corrected chi connectivity index (χ2v) is 4.42. The molecule has 0 unspecified atom stereocenters. The molecule has 0 aliphatic heterocycles. The van der Waals surface area contributed by atoms with Crippen LogP contribution < -0.4 is 0 Å². The first-order valence-electron chi connectivity index (χ1n) is 4.31. The van der Waals surface area contributed by atoms with Crippen molar-refractivity contribution < 1.29 is 0 Å². The molecule has 0 fully saturated rings. The van der Waals surface area contributed by atoms with Crippen LogP contribution in [0.25, 0.3) is 11.1 Å². The van der Waals surface area contributed by atoms with Gasteiger partial charge in [0.15, 0.2) is 0 Å². The summed E-state index contributed by atoms with van der Waals surface area (Å²) in [6.45, 7) is 0. The molecule has 0 amide bonds. The van der Waals surface area contributed by atoms with E-state index in [4.69, 9.17) is 0 Å². The van der Waals surface area contributed by atoms with E-state index in [2.05, 4.69) is 46.8 Å². The molecule has 0 aliphatic rings. The van der Waals surface area contributed by atoms with Crippen LogP contribution >= 0.6 is 28.6 Å². The summed E-state index contributed by atoms with van der Waals surface area (Å²) >= 11 is 7.87. The molecule has 2 rings (SSSR count). The van der Waals surface area contributed by atoms with Gasteiger partial charge in [-0.05, 0) is 23.3 Å². The number of halogens is 1. The maximum atomic E-state index is 4.45. The minimum atomic E-state index is 0.991. The minimum Gasteiger partial charge on any atom is -0.143 e. The molecule has 2 heteroatoms. The summed E-state index contributed by atoms with van der Waals surface area (Å²) < 4.78 is 1.06. The summed E-state index contributed by atoms with van der Waals surface area (Å²) in [5.74, 6) is 0. The Labute approximate surface area is 97.5 Å². The van der Waals surface area contributed by atoms with Crippen molar-refractivity contribution >= 4 is 28.6 Å². The quantitative estimate of drug-likeness (QED) is 0.726. The number of hydrogen-bond acceptors (Lipinski definition) is 1. The van der Waals surface area contributed by atoms with Crippen LogP contribution in [-0.2, 0) is 0 Å². The van der Waals surface area contributed by atoms with Crippen LogP contribution in [0, 0.1) is 0 Å². The summed E-state index contributed by atoms with van der Waals surface area (Å²) in [6, 6.07) is 16.4. The Morgan fingerprint density at radius 2 is 1.64 bits per heavy atom. The fourth-order valence-electron chi connectivity index (χ4n) is 1.37. The van der Waals surface area contributed by atoms with Crippen molar-refractivity contribution in [3.63, 3.8) is 0 Å². The predicted molar refractivity (Wildman–Crippen MR) is 66.8 cm³/mol. The van der Waals surface area contributed by atoms with Crippen molar-refractivity contribution in [1.29, 1.82) is 0 Å². The number of hydrogen-bond donors (Lipinski definition) is 1. The van der Waals surface area contributed by atoms with Gasteiger partial charge in [-0.2, -0.15) is 0 Å². The molecule has 0 heterocycles. The SMILES string of the molecule is Sc1cc(Br)ccc1-c1ccccc1. The molecule has 2 aromatic carbocycles. The third kappa shape index (κ3) is 2.02. The van der Waals surface area contributed by atoms with Gasteiger partial charge in [0.05, 0.1) is 0 Å². The smallest absolute Gasteiger partial charge is 0.0186 e. The molecule has 0 saturated heterocycles. The highest BCUT2D eigenvalue weighted by Crippen LogP contribution is 2.28. The maximum absolute atomic E-state index is 4.45. The number of benzene rings is 2. The normalized spacial score (nSPS) is 10.1. The van der Waals surface area contributed by atoms with E-state index in [1.807, 2.05) is 30.3 Å². The van der Waals surface area contributed by atoms with E-state index < -0.39 is 0 Å². The fourth-order valence-corrected chi connectivity index (χ4v) is 2.25. The van der Waals surface area contributed by atoms with Gasteiger partial charge < -0.3 is 0 Å². The molecule has 70 valence electrons. The molecule has 0 bridgehead atoms. The third-order valence-electron chi connectivity index (χ3n) is 2.04. The van der Waals surface area contributed by atoms with Crippen molar-refractivity contribution in [2.24, 2.45) is 0 Å². The second-order valence-electron chi connectivity index (χ2n) is 3.03. The molecule has 0 aromatic heterocycles. The van der Waals surface area contributed by atoms with E-state index in [0.717, 1.165) is 14.9 Å². The highest BCUT2D eigenvalue weighted by atomic mass is 79.9. The molecule has 0 spiro atoms. The lowest BCUT2D eigenvalue weighted by atomic mass is 10.1. The Balaban J connectivity index is 2.53. The largest absolute Gasteiger partial charge is 0.143 e. The van der Waals surface area contributed by atoms with E-state index in [-0.39, 0.29) is 0 Å². The van der Waals surface area contributed by atoms with Crippen molar-refractivity contribution in [2.45, 2.75) is 4.90 Å². The van der Waals surface area contributed by atoms with Crippen molar-refractivity contribution in [3.8, 4) is 11.1 Å². The van der Waals surface area contributed by atoms with Gasteiger partial charge in [-0.25, -0.2) is 0 Å². The lowest BCUT2D eigenvalue weighted by Crippen LogP contribution is -1.79. The monoisotopic (exact) mass is 264 g/mol. The van der Waals surface area contributed by atoms with Crippen LogP contribution in [0.3, 0.4) is 0 Å². The summed E-state index contributed by atoms with van der Waals surface area (Å²) in [7, 11) is 0. The molecule has 0 saturated carbocycles. The Morgan fingerprint density at radius 1 is 0.929 bits per heavy atom. The van der Waals surface area contributed by atoms with Gasteiger partial charge in [-0.3, -0.25) is 0 Å². The molecular formula is C12H9BrS. The highest BCUT2D eigenvalue weighted by molar-refractivity contribution is 9.10. The Kier molecular flexibility index (Phi) is 2.94. The van der Waals surface area contributed by atoms with Crippen molar-refractivity contribution in [2.75, 3.05) is 0 Å². The summed E-state index contributed by atoms with van der Waals surface area (Å²) in [4.78, 5) is 0.991. The van der Waals surface area contributed by atoms with Gasteiger partial charge in [-0.1, -0.05) is 52.3 Å². The number of thiol groups is 1. The zero-order valence-electron chi connectivity index (χ0n) is 7.44. The second kappa shape index (κ2) is 4.20. The van der Waals surface area contributed by atoms with Gasteiger partial charge in [0.25, 0.3) is 0 Å². The molecule has 0 N–H and O–H groups in total. The first kappa shape index (κ1) is 9.81. The van der Waals surface area contributed by atoms with Crippen LogP contribution in [0.1, 0.15) is 0 Å². The molecule has 0 atom stereocenters. The van der Waals surface area contributed by atoms with E-state index in [9.17, 15) is 0 Å². The van der Waals surface area contributed by atoms with Gasteiger partial charge in [-0.15, -0.1) is 12.6 Å². The molecule has 0 radical (unpaired) electrons. The zero-order chi connectivity index (χ0) is 9.97. The first-order valence-corrected chi connectivity index (χ1v) is 5.55. The Bertz CT molecular complexity index is 437. The van der Waals surface area contributed by atoms with E-state index >= 15 is 0 Å². The van der Waals surface area contributed by atoms with Crippen LogP contribution in [0.2, 0.25) is 0 Å². The summed E-state index contributed by atoms with van der Waals surface area (Å²) in [5, 5.41) is 0. The molecule has 0 nitrogen and oxygen atoms in total. The lowest BCUT2D eigenvalue weighted by molar-refractivity contribution is 1.43. The first-order chi connectivity index (χ1) is 6.77. The van der Waals surface area contributed by atoms with Gasteiger partial charge >= 0.3 is 0 Å². The van der Waals surface area contributed by atoms with E-state index in [1.54, 1.807) is 0 Å². The average Bonchev–Trinajstić information content (AvgIpc) is 2.19. The van der Waals surface area contributed by atoms with Crippen LogP contribution in [0.4, 0.5) is 0 Å². The van der Waals surface area contributed by atoms with Gasteiger partial charge in [0, 0.05) is 9.37 Å². The molecule has 0 aliphatic carbocycles. The minimum absolute atomic E-state index is 0.991. The Hall–Kier alpha value is -0.730. The molecular weight excluding hydrogens is 256 g/mol. The Morgan fingerprint density at radius 3 is 2.29 bits per heavy atom. The predicted octanol–water partition coefficient (Wildman–Crippen LogP) is 4.40. The van der Waals surface area contributed by atoms with Crippen LogP contribution in [0.5, 0.6) is 0 Å². The van der Waals surface area contributed by atoms with Crippen molar-refractivity contribution in [1.82, 2.24) is 0 Å². The van der Waals surface area contributed by atoms with Crippen molar-refractivity contribution in [3.05, 3.63) is 53.0 Å². The molecule has 14 heavy (non-hydrogen) atoms. The molecule has 2 aromatic rings. The maximum Gasteiger partial charge on any atom is 0.0186 e. The topological polar surface area (TPSA) is 0 Å². The van der Waals surface area contributed by atoms with Crippen LogP contribution in [-0.4, -0.2) is 0 Å². The van der Waals surface area contributed by atoms with Gasteiger partial charge in [0.1, 0.15) is 0 Å². The fraction of sp³-hybridized carbons (Fsp3) is 0. The third-order valence-corrected chi connectivity index (χ3v) is 2.91. The van der Waals surface area contributed by atoms with E-state index in [1.165, 1.54) is 5.56 Å².